The molecule has 3 heteroatoms. The van der Waals surface area contributed by atoms with Gasteiger partial charge in [0.05, 0.1) is 5.69 Å². The monoisotopic (exact) mass is 281 g/mol. The molecule has 2 aromatic rings. The molecule has 1 aliphatic rings. The minimum atomic E-state index is -0.00160. The summed E-state index contributed by atoms with van der Waals surface area (Å²) in [6.45, 7) is 6.48. The third-order valence-electron chi connectivity index (χ3n) is 4.24. The largest absolute Gasteiger partial charge is 0.384 e. The molecule has 1 heterocycles. The van der Waals surface area contributed by atoms with Gasteiger partial charge in [0.15, 0.2) is 0 Å². The highest BCUT2D eigenvalue weighted by atomic mass is 15.0. The Morgan fingerprint density at radius 1 is 1.10 bits per heavy atom. The summed E-state index contributed by atoms with van der Waals surface area (Å²) in [6.07, 6.45) is 3.22. The molecule has 1 atom stereocenters. The number of rotatable bonds is 1. The molecule has 1 unspecified atom stereocenters. The van der Waals surface area contributed by atoms with E-state index in [1.54, 1.807) is 0 Å². The second-order valence-corrected chi connectivity index (χ2v) is 6.99. The molecule has 0 fully saturated rings. The van der Waals surface area contributed by atoms with Gasteiger partial charge in [0.2, 0.25) is 0 Å². The van der Waals surface area contributed by atoms with Crippen molar-refractivity contribution < 1.29 is 0 Å². The molecular weight excluding hydrogens is 258 g/mol. The average molecular weight is 281 g/mol. The van der Waals surface area contributed by atoms with E-state index >= 15 is 0 Å². The Labute approximate surface area is 126 Å². The highest BCUT2D eigenvalue weighted by Crippen LogP contribution is 2.32. The van der Waals surface area contributed by atoms with Crippen LogP contribution in [0.3, 0.4) is 0 Å². The van der Waals surface area contributed by atoms with E-state index in [2.05, 4.69) is 50.0 Å². The van der Waals surface area contributed by atoms with Crippen molar-refractivity contribution in [3.05, 3.63) is 53.0 Å². The topological polar surface area (TPSA) is 51.8 Å². The lowest BCUT2D eigenvalue weighted by Gasteiger charge is -2.25. The molecule has 3 nitrogen and oxygen atoms in total. The van der Waals surface area contributed by atoms with Crippen LogP contribution >= 0.6 is 0 Å². The number of fused-ring (bicyclic) bond motifs is 1. The average Bonchev–Trinajstić information content (AvgIpc) is 2.45. The number of anilines is 1. The van der Waals surface area contributed by atoms with E-state index in [1.165, 1.54) is 11.1 Å². The molecule has 2 N–H and O–H groups in total. The summed E-state index contributed by atoms with van der Waals surface area (Å²) in [5.74, 6) is 1.88. The fourth-order valence-electron chi connectivity index (χ4n) is 2.97. The van der Waals surface area contributed by atoms with E-state index in [9.17, 15) is 0 Å². The van der Waals surface area contributed by atoms with Crippen LogP contribution in [-0.2, 0) is 18.3 Å². The van der Waals surface area contributed by atoms with Crippen molar-refractivity contribution in [3.8, 4) is 0 Å². The SMILES string of the molecule is CC(C)(C)c1cc(N)nc(C2CCc3ccccc3C2)n1. The lowest BCUT2D eigenvalue weighted by molar-refractivity contribution is 0.526. The first-order valence-electron chi connectivity index (χ1n) is 7.65. The molecule has 21 heavy (non-hydrogen) atoms. The molecule has 0 aliphatic heterocycles. The fourth-order valence-corrected chi connectivity index (χ4v) is 2.97. The number of nitrogens with zero attached hydrogens (tertiary/aromatic N) is 2. The standard InChI is InChI=1S/C18H23N3/c1-18(2,3)15-11-16(19)21-17(20-15)14-9-8-12-6-4-5-7-13(12)10-14/h4-7,11,14H,8-10H2,1-3H3,(H2,19,20,21). The van der Waals surface area contributed by atoms with Gasteiger partial charge < -0.3 is 5.73 Å². The third kappa shape index (κ3) is 2.92. The lowest BCUT2D eigenvalue weighted by Crippen LogP contribution is -2.20. The Bertz CT molecular complexity index is 656. The zero-order valence-electron chi connectivity index (χ0n) is 13.1. The Hall–Kier alpha value is -1.90. The molecule has 0 bridgehead atoms. The molecule has 1 aromatic heterocycles. The van der Waals surface area contributed by atoms with Gasteiger partial charge in [-0.25, -0.2) is 9.97 Å². The number of aromatic nitrogens is 2. The van der Waals surface area contributed by atoms with Gasteiger partial charge in [-0.3, -0.25) is 0 Å². The number of nitrogens with two attached hydrogens (primary N) is 1. The first kappa shape index (κ1) is 14.1. The van der Waals surface area contributed by atoms with E-state index in [0.29, 0.717) is 11.7 Å². The zero-order valence-corrected chi connectivity index (χ0v) is 13.1. The predicted molar refractivity (Wildman–Crippen MR) is 86.4 cm³/mol. The number of aryl methyl sites for hydroxylation is 1. The summed E-state index contributed by atoms with van der Waals surface area (Å²) in [4.78, 5) is 9.32. The Morgan fingerprint density at radius 3 is 2.52 bits per heavy atom. The summed E-state index contributed by atoms with van der Waals surface area (Å²) in [5, 5.41) is 0. The second-order valence-electron chi connectivity index (χ2n) is 6.99. The second kappa shape index (κ2) is 5.14. The fraction of sp³-hybridized carbons (Fsp3) is 0.444. The molecule has 0 amide bonds. The molecule has 0 saturated carbocycles. The van der Waals surface area contributed by atoms with Crippen molar-refractivity contribution in [3.63, 3.8) is 0 Å². The van der Waals surface area contributed by atoms with Crippen molar-refractivity contribution in [2.75, 3.05) is 5.73 Å². The molecule has 110 valence electrons. The minimum Gasteiger partial charge on any atom is -0.384 e. The maximum atomic E-state index is 6.01. The molecule has 3 rings (SSSR count). The number of hydrogen-bond donors (Lipinski definition) is 1. The van der Waals surface area contributed by atoms with Gasteiger partial charge in [0.25, 0.3) is 0 Å². The number of nitrogen functional groups attached to an aromatic ring is 1. The quantitative estimate of drug-likeness (QED) is 0.868. The van der Waals surface area contributed by atoms with Crippen LogP contribution in [0.15, 0.2) is 30.3 Å². The maximum absolute atomic E-state index is 6.01. The van der Waals surface area contributed by atoms with Crippen molar-refractivity contribution >= 4 is 5.82 Å². The molecule has 0 spiro atoms. The van der Waals surface area contributed by atoms with E-state index in [1.807, 2.05) is 6.07 Å². The minimum absolute atomic E-state index is 0.00160. The summed E-state index contributed by atoms with van der Waals surface area (Å²) >= 11 is 0. The van der Waals surface area contributed by atoms with Gasteiger partial charge in [-0.2, -0.15) is 0 Å². The summed E-state index contributed by atoms with van der Waals surface area (Å²) < 4.78 is 0. The Balaban J connectivity index is 1.94. The van der Waals surface area contributed by atoms with Crippen LogP contribution in [0, 0.1) is 0 Å². The summed E-state index contributed by atoms with van der Waals surface area (Å²) in [6, 6.07) is 10.6. The predicted octanol–water partition coefficient (Wildman–Crippen LogP) is 3.63. The summed E-state index contributed by atoms with van der Waals surface area (Å²) in [7, 11) is 0. The van der Waals surface area contributed by atoms with Crippen LogP contribution in [0.2, 0.25) is 0 Å². The first-order chi connectivity index (χ1) is 9.93. The van der Waals surface area contributed by atoms with Crippen LogP contribution in [0.1, 0.15) is 55.8 Å². The highest BCUT2D eigenvalue weighted by molar-refractivity contribution is 5.36. The highest BCUT2D eigenvalue weighted by Gasteiger charge is 2.24. The van der Waals surface area contributed by atoms with Crippen molar-refractivity contribution in [1.29, 1.82) is 0 Å². The van der Waals surface area contributed by atoms with Gasteiger partial charge in [0, 0.05) is 17.4 Å². The Morgan fingerprint density at radius 2 is 1.81 bits per heavy atom. The van der Waals surface area contributed by atoms with E-state index in [-0.39, 0.29) is 5.41 Å². The molecule has 0 saturated heterocycles. The molecule has 1 aliphatic carbocycles. The van der Waals surface area contributed by atoms with Crippen LogP contribution in [-0.4, -0.2) is 9.97 Å². The van der Waals surface area contributed by atoms with Crippen LogP contribution in [0.5, 0.6) is 0 Å². The van der Waals surface area contributed by atoms with Crippen LogP contribution < -0.4 is 5.73 Å². The number of benzene rings is 1. The van der Waals surface area contributed by atoms with Crippen molar-refractivity contribution in [2.24, 2.45) is 0 Å². The molecule has 0 radical (unpaired) electrons. The van der Waals surface area contributed by atoms with E-state index < -0.39 is 0 Å². The summed E-state index contributed by atoms with van der Waals surface area (Å²) in [5.41, 5.74) is 9.93. The van der Waals surface area contributed by atoms with E-state index in [4.69, 9.17) is 10.7 Å². The van der Waals surface area contributed by atoms with Gasteiger partial charge in [-0.15, -0.1) is 0 Å². The van der Waals surface area contributed by atoms with Gasteiger partial charge >= 0.3 is 0 Å². The van der Waals surface area contributed by atoms with Gasteiger partial charge in [-0.1, -0.05) is 45.0 Å². The van der Waals surface area contributed by atoms with Crippen molar-refractivity contribution in [1.82, 2.24) is 9.97 Å². The Kier molecular flexibility index (Phi) is 3.44. The lowest BCUT2D eigenvalue weighted by atomic mass is 9.83. The third-order valence-corrected chi connectivity index (χ3v) is 4.24. The zero-order chi connectivity index (χ0) is 15.0. The molecule has 1 aromatic carbocycles. The van der Waals surface area contributed by atoms with Crippen LogP contribution in [0.25, 0.3) is 0 Å². The maximum Gasteiger partial charge on any atom is 0.134 e. The normalized spacial score (nSPS) is 18.3. The smallest absolute Gasteiger partial charge is 0.134 e. The van der Waals surface area contributed by atoms with Gasteiger partial charge in [-0.05, 0) is 30.4 Å². The van der Waals surface area contributed by atoms with Gasteiger partial charge in [0.1, 0.15) is 11.6 Å². The number of hydrogen-bond acceptors (Lipinski definition) is 3. The molecular formula is C18H23N3. The first-order valence-corrected chi connectivity index (χ1v) is 7.65. The van der Waals surface area contributed by atoms with Crippen LogP contribution in [0.4, 0.5) is 5.82 Å². The van der Waals surface area contributed by atoms with E-state index in [0.717, 1.165) is 30.8 Å². The van der Waals surface area contributed by atoms with Crippen molar-refractivity contribution in [2.45, 2.75) is 51.4 Å².